The molecule has 0 bridgehead atoms. The molecule has 1 aromatic rings. The third kappa shape index (κ3) is 4.28. The van der Waals surface area contributed by atoms with Crippen LogP contribution in [0.25, 0.3) is 0 Å². The Labute approximate surface area is 95.2 Å². The lowest BCUT2D eigenvalue weighted by atomic mass is 10.0. The van der Waals surface area contributed by atoms with E-state index < -0.39 is 0 Å². The molecule has 86 valence electrons. The number of hydrogen-bond acceptors (Lipinski definition) is 4. The van der Waals surface area contributed by atoms with Crippen LogP contribution >= 0.6 is 11.8 Å². The first-order chi connectivity index (χ1) is 7.20. The van der Waals surface area contributed by atoms with Crippen molar-refractivity contribution in [3.63, 3.8) is 0 Å². The Morgan fingerprint density at radius 2 is 2.40 bits per heavy atom. The molecule has 0 radical (unpaired) electrons. The van der Waals surface area contributed by atoms with Crippen molar-refractivity contribution in [1.82, 2.24) is 5.32 Å². The maximum absolute atomic E-state index is 9.18. The van der Waals surface area contributed by atoms with Gasteiger partial charge in [-0.25, -0.2) is 0 Å². The molecule has 0 saturated heterocycles. The van der Waals surface area contributed by atoms with Gasteiger partial charge in [-0.3, -0.25) is 0 Å². The zero-order valence-electron chi connectivity index (χ0n) is 9.32. The molecule has 1 rings (SSSR count). The molecule has 0 fully saturated rings. The van der Waals surface area contributed by atoms with Crippen LogP contribution in [0, 0.1) is 0 Å². The lowest BCUT2D eigenvalue weighted by Crippen LogP contribution is -2.43. The van der Waals surface area contributed by atoms with Crippen LogP contribution in [0.5, 0.6) is 0 Å². The Balaban J connectivity index is 2.16. The molecule has 1 atom stereocenters. The van der Waals surface area contributed by atoms with E-state index in [1.165, 1.54) is 0 Å². The Morgan fingerprint density at radius 3 is 2.93 bits per heavy atom. The van der Waals surface area contributed by atoms with Crippen LogP contribution in [0.3, 0.4) is 0 Å². The normalized spacial score (nSPS) is 15.1. The molecule has 1 heterocycles. The lowest BCUT2D eigenvalue weighted by molar-refractivity contribution is 0.179. The SMILES string of the molecule is CNC(C)(CO)CCSCc1ccco1. The highest BCUT2D eigenvalue weighted by Gasteiger charge is 2.19. The third-order valence-electron chi connectivity index (χ3n) is 2.58. The van der Waals surface area contributed by atoms with Crippen molar-refractivity contribution in [3.05, 3.63) is 24.2 Å². The first-order valence-electron chi connectivity index (χ1n) is 5.10. The van der Waals surface area contributed by atoms with E-state index in [-0.39, 0.29) is 12.1 Å². The predicted octanol–water partition coefficient (Wildman–Crippen LogP) is 1.87. The van der Waals surface area contributed by atoms with E-state index in [0.717, 1.165) is 23.7 Å². The molecule has 4 heteroatoms. The summed E-state index contributed by atoms with van der Waals surface area (Å²) in [5.74, 6) is 2.92. The Kier molecular flexibility index (Phi) is 5.22. The van der Waals surface area contributed by atoms with Crippen molar-refractivity contribution in [2.75, 3.05) is 19.4 Å². The average molecular weight is 229 g/mol. The number of furan rings is 1. The summed E-state index contributed by atoms with van der Waals surface area (Å²) in [4.78, 5) is 0. The van der Waals surface area contributed by atoms with Crippen molar-refractivity contribution < 1.29 is 9.52 Å². The van der Waals surface area contributed by atoms with E-state index in [2.05, 4.69) is 5.32 Å². The molecule has 0 aliphatic heterocycles. The fourth-order valence-corrected chi connectivity index (χ4v) is 2.25. The topological polar surface area (TPSA) is 45.4 Å². The van der Waals surface area contributed by atoms with Crippen molar-refractivity contribution >= 4 is 11.8 Å². The number of aliphatic hydroxyl groups excluding tert-OH is 1. The van der Waals surface area contributed by atoms with E-state index in [0.29, 0.717) is 0 Å². The largest absolute Gasteiger partial charge is 0.468 e. The molecule has 2 N–H and O–H groups in total. The van der Waals surface area contributed by atoms with Crippen molar-refractivity contribution in [1.29, 1.82) is 0 Å². The summed E-state index contributed by atoms with van der Waals surface area (Å²) in [7, 11) is 1.88. The van der Waals surface area contributed by atoms with E-state index >= 15 is 0 Å². The van der Waals surface area contributed by atoms with Crippen LogP contribution in [0.4, 0.5) is 0 Å². The van der Waals surface area contributed by atoms with Gasteiger partial charge < -0.3 is 14.8 Å². The second-order valence-electron chi connectivity index (χ2n) is 3.85. The zero-order valence-corrected chi connectivity index (χ0v) is 10.1. The van der Waals surface area contributed by atoms with E-state index in [1.807, 2.05) is 37.9 Å². The zero-order chi connectivity index (χ0) is 11.1. The van der Waals surface area contributed by atoms with Gasteiger partial charge in [0.2, 0.25) is 0 Å². The number of rotatable bonds is 7. The first kappa shape index (κ1) is 12.6. The Bertz CT molecular complexity index is 258. The van der Waals surface area contributed by atoms with Crippen LogP contribution < -0.4 is 5.32 Å². The molecule has 0 amide bonds. The van der Waals surface area contributed by atoms with Crippen LogP contribution in [0.2, 0.25) is 0 Å². The molecule has 0 aliphatic carbocycles. The van der Waals surface area contributed by atoms with Crippen LogP contribution in [-0.2, 0) is 5.75 Å². The molecule has 0 spiro atoms. The molecule has 1 aromatic heterocycles. The van der Waals surface area contributed by atoms with Gasteiger partial charge in [0.05, 0.1) is 18.6 Å². The Morgan fingerprint density at radius 1 is 1.60 bits per heavy atom. The number of likely N-dealkylation sites (N-methyl/N-ethyl adjacent to an activating group) is 1. The average Bonchev–Trinajstić information content (AvgIpc) is 2.77. The van der Waals surface area contributed by atoms with Gasteiger partial charge in [0.15, 0.2) is 0 Å². The molecule has 3 nitrogen and oxygen atoms in total. The van der Waals surface area contributed by atoms with E-state index in [1.54, 1.807) is 6.26 Å². The second-order valence-corrected chi connectivity index (χ2v) is 4.96. The number of nitrogens with one attached hydrogen (secondary N) is 1. The smallest absolute Gasteiger partial charge is 0.113 e. The summed E-state index contributed by atoms with van der Waals surface area (Å²) in [5.41, 5.74) is -0.157. The minimum Gasteiger partial charge on any atom is -0.468 e. The first-order valence-corrected chi connectivity index (χ1v) is 6.25. The fraction of sp³-hybridized carbons (Fsp3) is 0.636. The van der Waals surface area contributed by atoms with E-state index in [9.17, 15) is 5.11 Å². The van der Waals surface area contributed by atoms with Gasteiger partial charge in [0.25, 0.3) is 0 Å². The summed E-state index contributed by atoms with van der Waals surface area (Å²) in [6, 6.07) is 3.89. The summed E-state index contributed by atoms with van der Waals surface area (Å²) in [6.45, 7) is 2.20. The summed E-state index contributed by atoms with van der Waals surface area (Å²) < 4.78 is 5.23. The van der Waals surface area contributed by atoms with Gasteiger partial charge in [-0.15, -0.1) is 0 Å². The van der Waals surface area contributed by atoms with Gasteiger partial charge in [0, 0.05) is 5.54 Å². The molecule has 15 heavy (non-hydrogen) atoms. The van der Waals surface area contributed by atoms with Gasteiger partial charge in [-0.05, 0) is 38.3 Å². The minimum absolute atomic E-state index is 0.157. The summed E-state index contributed by atoms with van der Waals surface area (Å²) in [6.07, 6.45) is 2.65. The quantitative estimate of drug-likeness (QED) is 0.701. The molecule has 0 saturated carbocycles. The molecule has 0 aliphatic rings. The van der Waals surface area contributed by atoms with Gasteiger partial charge in [-0.2, -0.15) is 11.8 Å². The second kappa shape index (κ2) is 6.20. The van der Waals surface area contributed by atoms with Crippen LogP contribution in [-0.4, -0.2) is 30.1 Å². The van der Waals surface area contributed by atoms with Gasteiger partial charge in [0.1, 0.15) is 5.76 Å². The van der Waals surface area contributed by atoms with Gasteiger partial charge >= 0.3 is 0 Å². The van der Waals surface area contributed by atoms with Crippen LogP contribution in [0.1, 0.15) is 19.1 Å². The van der Waals surface area contributed by atoms with Crippen molar-refractivity contribution in [2.24, 2.45) is 0 Å². The Hall–Kier alpha value is -0.450. The van der Waals surface area contributed by atoms with Crippen LogP contribution in [0.15, 0.2) is 22.8 Å². The fourth-order valence-electron chi connectivity index (χ4n) is 1.15. The molecule has 1 unspecified atom stereocenters. The monoisotopic (exact) mass is 229 g/mol. The van der Waals surface area contributed by atoms with Gasteiger partial charge in [-0.1, -0.05) is 0 Å². The number of thioether (sulfide) groups is 1. The van der Waals surface area contributed by atoms with Crippen molar-refractivity contribution in [2.45, 2.75) is 24.6 Å². The number of aliphatic hydroxyl groups is 1. The number of hydrogen-bond donors (Lipinski definition) is 2. The highest BCUT2D eigenvalue weighted by atomic mass is 32.2. The third-order valence-corrected chi connectivity index (χ3v) is 3.56. The minimum atomic E-state index is -0.157. The summed E-state index contributed by atoms with van der Waals surface area (Å²) >= 11 is 1.82. The predicted molar refractivity (Wildman–Crippen MR) is 64.0 cm³/mol. The molecular weight excluding hydrogens is 210 g/mol. The standard InChI is InChI=1S/C11H19NO2S/c1-11(9-13,12-2)5-7-15-8-10-4-3-6-14-10/h3-4,6,12-13H,5,7-9H2,1-2H3. The maximum Gasteiger partial charge on any atom is 0.113 e. The molecular formula is C11H19NO2S. The maximum atomic E-state index is 9.18. The summed E-state index contributed by atoms with van der Waals surface area (Å²) in [5, 5.41) is 12.3. The van der Waals surface area contributed by atoms with E-state index in [4.69, 9.17) is 4.42 Å². The lowest BCUT2D eigenvalue weighted by Gasteiger charge is -2.26. The highest BCUT2D eigenvalue weighted by molar-refractivity contribution is 7.98. The van der Waals surface area contributed by atoms with Crippen molar-refractivity contribution in [3.8, 4) is 0 Å². The molecule has 0 aromatic carbocycles. The highest BCUT2D eigenvalue weighted by Crippen LogP contribution is 2.17.